The Labute approximate surface area is 553 Å². The van der Waals surface area contributed by atoms with Crippen LogP contribution in [0, 0.1) is 71.0 Å². The second-order valence-corrected chi connectivity index (χ2v) is 30.7. The number of benzene rings is 12. The fourth-order valence-corrected chi connectivity index (χ4v) is 21.9. The average Bonchev–Trinajstić information content (AvgIpc) is 0.684. The van der Waals surface area contributed by atoms with Gasteiger partial charge in [0.2, 0.25) is 0 Å². The first-order valence-electron chi connectivity index (χ1n) is 30.1. The zero-order valence-corrected chi connectivity index (χ0v) is 52.8. The zero-order valence-electron chi connectivity index (χ0n) is 49.4. The molecule has 0 atom stereocenters. The molecule has 0 aromatic heterocycles. The van der Waals surface area contributed by atoms with Crippen molar-refractivity contribution in [3.63, 3.8) is 0 Å². The Bertz CT molecular complexity index is 4840. The summed E-state index contributed by atoms with van der Waals surface area (Å²) in [4.78, 5) is 0. The molecule has 6 aliphatic rings. The van der Waals surface area contributed by atoms with Crippen LogP contribution in [0.25, 0.3) is 0 Å². The Balaban J connectivity index is 0.000000143. The Morgan fingerprint density at radius 1 is 0.181 bits per heavy atom. The fourth-order valence-electron chi connectivity index (χ4n) is 12.1. The fraction of sp³-hybridized carbons (Fsp3) is 0. The number of rotatable bonds is 0. The summed E-state index contributed by atoms with van der Waals surface area (Å²) in [5, 5.41) is 5.08. The van der Waals surface area contributed by atoms with Crippen molar-refractivity contribution in [3.8, 4) is 140 Å². The first-order chi connectivity index (χ1) is 46.3. The van der Waals surface area contributed by atoms with E-state index in [9.17, 15) is 0 Å². The van der Waals surface area contributed by atoms with Gasteiger partial charge >= 0.3 is 0 Å². The van der Waals surface area contributed by atoms with Crippen LogP contribution >= 0.6 is 12.1 Å². The van der Waals surface area contributed by atoms with Crippen LogP contribution < -0.4 is 60.2 Å². The third kappa shape index (κ3) is 9.63. The van der Waals surface area contributed by atoms with Crippen molar-refractivity contribution in [2.24, 2.45) is 0 Å². The van der Waals surface area contributed by atoms with E-state index in [-0.39, 0.29) is 0 Å². The van der Waals surface area contributed by atoms with Crippen LogP contribution in [0.2, 0.25) is 0 Å². The predicted molar refractivity (Wildman–Crippen MR) is 380 cm³/mol. The molecule has 10 heteroatoms. The molecule has 6 heterocycles. The van der Waals surface area contributed by atoms with Crippen molar-refractivity contribution in [1.82, 2.24) is 0 Å². The Morgan fingerprint density at radius 3 is 0.479 bits per heavy atom. The van der Waals surface area contributed by atoms with Gasteiger partial charge in [0.25, 0.3) is 0 Å². The van der Waals surface area contributed by atoms with Crippen LogP contribution in [0.3, 0.4) is 0 Å². The van der Waals surface area contributed by atoms with Gasteiger partial charge in [0.15, 0.2) is 34.5 Å². The lowest BCUT2D eigenvalue weighted by Crippen LogP contribution is -2.39. The van der Waals surface area contributed by atoms with Crippen molar-refractivity contribution in [3.05, 3.63) is 322 Å². The van der Waals surface area contributed by atoms with E-state index < -0.39 is 12.1 Å². The molecule has 0 fully saturated rings. The second kappa shape index (κ2) is 23.1. The third-order valence-electron chi connectivity index (χ3n) is 16.4. The highest BCUT2D eigenvalue weighted by molar-refractivity contribution is 8.26. The summed E-state index contributed by atoms with van der Waals surface area (Å²) in [7, 11) is 0. The van der Waals surface area contributed by atoms with Crippen LogP contribution in [-0.4, -0.2) is 0 Å². The van der Waals surface area contributed by atoms with Gasteiger partial charge in [-0.05, 0) is 146 Å². The monoisotopic (exact) mass is 1270 g/mol. The van der Waals surface area contributed by atoms with Crippen LogP contribution in [0.1, 0.15) is 66.8 Å². The summed E-state index contributed by atoms with van der Waals surface area (Å²) in [6.07, 6.45) is 0. The Morgan fingerprint density at radius 2 is 0.330 bits per heavy atom. The quantitative estimate of drug-likeness (QED) is 0.110. The summed E-state index contributed by atoms with van der Waals surface area (Å²) in [6, 6.07) is 77.2. The first kappa shape index (κ1) is 56.1. The number of ether oxygens (including phenoxy) is 6. The molecule has 0 aliphatic carbocycles. The molecule has 436 valence electrons. The highest BCUT2D eigenvalue weighted by Gasteiger charge is 2.52. The van der Waals surface area contributed by atoms with E-state index in [1.54, 1.807) is 0 Å². The minimum atomic E-state index is -2.80. The lowest BCUT2D eigenvalue weighted by atomic mass is 10.1. The zero-order chi connectivity index (χ0) is 62.7. The number of hydrogen-bond acceptors (Lipinski definition) is 8. The average molecular weight is 1270 g/mol. The topological polar surface area (TPSA) is 55.4 Å². The maximum atomic E-state index is 6.92. The minimum Gasteiger partial charge on any atom is -0.454 e. The highest BCUT2D eigenvalue weighted by Crippen LogP contribution is 2.67. The minimum absolute atomic E-state index is 0.634. The summed E-state index contributed by atoms with van der Waals surface area (Å²) < 4.78 is 40.3. The van der Waals surface area contributed by atoms with Gasteiger partial charge in [-0.15, -0.1) is 0 Å². The molecule has 0 amide bonds. The first-order valence-corrected chi connectivity index (χ1v) is 35.7. The largest absolute Gasteiger partial charge is 0.454 e. The van der Waals surface area contributed by atoms with E-state index in [2.05, 4.69) is 71.0 Å². The standard InChI is InChI=1S/2C42H21O3PS/c2*47-46-40-34-25-22-31(19-16-28-10-4-1-5-11-28)37(40)43-35-26-23-32(20-17-29-12-6-2-7-13-29)38(41(35)46)45-36-27-24-33(39(44-34)42(36)46)21-18-30-14-8-3-9-15-30/h2*1-15,22-27H. The molecule has 12 aromatic rings. The van der Waals surface area contributed by atoms with E-state index in [0.29, 0.717) is 69.0 Å². The van der Waals surface area contributed by atoms with Gasteiger partial charge in [0.1, 0.15) is 34.5 Å². The van der Waals surface area contributed by atoms with Gasteiger partial charge in [-0.3, -0.25) is 0 Å². The Kier molecular flexibility index (Phi) is 13.8. The van der Waals surface area contributed by atoms with Gasteiger partial charge < -0.3 is 28.4 Å². The van der Waals surface area contributed by atoms with Crippen molar-refractivity contribution in [2.75, 3.05) is 0 Å². The van der Waals surface area contributed by atoms with Crippen molar-refractivity contribution >= 4 is 67.5 Å². The van der Waals surface area contributed by atoms with E-state index >= 15 is 0 Å². The van der Waals surface area contributed by atoms with Gasteiger partial charge in [0.05, 0.1) is 77.3 Å². The molecule has 6 nitrogen and oxygen atoms in total. The molecule has 94 heavy (non-hydrogen) atoms. The lowest BCUT2D eigenvalue weighted by Gasteiger charge is -2.42. The molecule has 0 unspecified atom stereocenters. The maximum absolute atomic E-state index is 6.92. The normalized spacial score (nSPS) is 12.9. The smallest absolute Gasteiger partial charge is 0.155 e. The molecule has 0 radical (unpaired) electrons. The molecular formula is C84H42O6P2S2. The van der Waals surface area contributed by atoms with Gasteiger partial charge in [-0.1, -0.05) is 204 Å². The summed E-state index contributed by atoms with van der Waals surface area (Å²) in [6.45, 7) is 0. The molecule has 0 saturated carbocycles. The van der Waals surface area contributed by atoms with Crippen LogP contribution in [0.5, 0.6) is 69.0 Å². The third-order valence-corrected chi connectivity index (χ3v) is 26.0. The lowest BCUT2D eigenvalue weighted by molar-refractivity contribution is 0.443. The van der Waals surface area contributed by atoms with Crippen molar-refractivity contribution < 1.29 is 28.4 Å². The Hall–Kier alpha value is -11.9. The molecule has 18 rings (SSSR count). The molecule has 0 spiro atoms. The van der Waals surface area contributed by atoms with Crippen LogP contribution in [0.15, 0.2) is 255 Å². The van der Waals surface area contributed by atoms with E-state index in [0.717, 1.165) is 98.6 Å². The molecule has 6 aliphatic heterocycles. The van der Waals surface area contributed by atoms with Crippen molar-refractivity contribution in [1.29, 1.82) is 0 Å². The van der Waals surface area contributed by atoms with E-state index in [1.807, 2.05) is 255 Å². The van der Waals surface area contributed by atoms with E-state index in [4.69, 9.17) is 52.0 Å². The van der Waals surface area contributed by atoms with Gasteiger partial charge in [-0.25, -0.2) is 0 Å². The molecule has 0 bridgehead atoms. The summed E-state index contributed by atoms with van der Waals surface area (Å²) in [5.41, 5.74) is 9.97. The molecular weight excluding hydrogens is 1230 g/mol. The van der Waals surface area contributed by atoms with Gasteiger partial charge in [0, 0.05) is 33.4 Å². The van der Waals surface area contributed by atoms with Crippen LogP contribution in [0.4, 0.5) is 0 Å². The summed E-state index contributed by atoms with van der Waals surface area (Å²) >= 11 is 13.8. The highest BCUT2D eigenvalue weighted by atomic mass is 32.4. The van der Waals surface area contributed by atoms with Gasteiger partial charge in [-0.2, -0.15) is 0 Å². The predicted octanol–water partition coefficient (Wildman–Crippen LogP) is 15.9. The molecule has 12 aromatic carbocycles. The van der Waals surface area contributed by atoms with Crippen molar-refractivity contribution in [2.45, 2.75) is 0 Å². The molecule has 0 N–H and O–H groups in total. The maximum Gasteiger partial charge on any atom is 0.155 e. The number of hydrogen-bond donors (Lipinski definition) is 0. The molecule has 0 saturated heterocycles. The second-order valence-electron chi connectivity index (χ2n) is 22.3. The van der Waals surface area contributed by atoms with Crippen LogP contribution in [-0.2, 0) is 23.6 Å². The SMILES string of the molecule is S=P12c3c4ccc(C#Cc5ccccc5)c3Oc3ccc(C#Cc5ccccc5)c(c31)Oc1ccc(C#Cc3ccccc3)c(c12)O4.S=P12c3c4ccc(C#Cc5ccccc5)c3Oc3ccc(C#Cc5ccccc5)c(c31)Oc1ccc(C#Cc3ccccc3)c(c12)O4. The summed E-state index contributed by atoms with van der Waals surface area (Å²) in [5.74, 6) is 47.6. The van der Waals surface area contributed by atoms with E-state index in [1.165, 1.54) is 0 Å².